The molecule has 0 amide bonds. The van der Waals surface area contributed by atoms with Crippen LogP contribution in [-0.4, -0.2) is 12.6 Å². The lowest BCUT2D eigenvalue weighted by molar-refractivity contribution is -0.116. The zero-order valence-electron chi connectivity index (χ0n) is 21.4. The van der Waals surface area contributed by atoms with E-state index >= 15 is 0 Å². The second-order valence-electron chi connectivity index (χ2n) is 10.1. The standard InChI is InChI=1S/C33H28N2O4/c36-28-17-23(22-14-15-30-31(18-22)39-20-38-30)16-27-32(28)33(35-26-12-6-5-11-25(26)34-27)24-10-4-7-13-29(24)37-19-21-8-2-1-3-9-21/h1-15,18,23,33-35H,16-17,19-20H2/t23-,33+/m1/s1. The molecule has 0 spiro atoms. The van der Waals surface area contributed by atoms with Crippen molar-refractivity contribution in [1.29, 1.82) is 0 Å². The summed E-state index contributed by atoms with van der Waals surface area (Å²) >= 11 is 0. The van der Waals surface area contributed by atoms with Crippen molar-refractivity contribution in [1.82, 2.24) is 0 Å². The number of carbonyl (C=O) groups is 1. The fourth-order valence-corrected chi connectivity index (χ4v) is 5.71. The van der Waals surface area contributed by atoms with Gasteiger partial charge in [0.25, 0.3) is 0 Å². The highest BCUT2D eigenvalue weighted by atomic mass is 16.7. The molecule has 0 saturated heterocycles. The lowest BCUT2D eigenvalue weighted by atomic mass is 9.78. The van der Waals surface area contributed by atoms with Gasteiger partial charge in [-0.2, -0.15) is 0 Å². The highest BCUT2D eigenvalue weighted by molar-refractivity contribution is 6.01. The number of ether oxygens (including phenoxy) is 3. The van der Waals surface area contributed by atoms with Crippen LogP contribution in [0.5, 0.6) is 17.2 Å². The Morgan fingerprint density at radius 3 is 2.46 bits per heavy atom. The zero-order valence-corrected chi connectivity index (χ0v) is 21.4. The van der Waals surface area contributed by atoms with Crippen LogP contribution in [0.25, 0.3) is 0 Å². The molecule has 2 heterocycles. The molecule has 7 rings (SSSR count). The number of hydrogen-bond donors (Lipinski definition) is 2. The molecule has 2 aliphatic heterocycles. The van der Waals surface area contributed by atoms with Crippen molar-refractivity contribution in [3.63, 3.8) is 0 Å². The van der Waals surface area contributed by atoms with Gasteiger partial charge in [0.2, 0.25) is 6.79 Å². The lowest BCUT2D eigenvalue weighted by Crippen LogP contribution is -2.27. The van der Waals surface area contributed by atoms with E-state index in [1.165, 1.54) is 0 Å². The van der Waals surface area contributed by atoms with Crippen molar-refractivity contribution < 1.29 is 19.0 Å². The van der Waals surface area contributed by atoms with Gasteiger partial charge in [-0.3, -0.25) is 4.79 Å². The summed E-state index contributed by atoms with van der Waals surface area (Å²) in [6.45, 7) is 0.681. The van der Waals surface area contributed by atoms with Crippen LogP contribution < -0.4 is 24.8 Å². The van der Waals surface area contributed by atoms with Gasteiger partial charge in [-0.05, 0) is 53.8 Å². The third kappa shape index (κ3) is 4.48. The largest absolute Gasteiger partial charge is 0.489 e. The molecule has 2 N–H and O–H groups in total. The van der Waals surface area contributed by atoms with Gasteiger partial charge >= 0.3 is 0 Å². The predicted octanol–water partition coefficient (Wildman–Crippen LogP) is 6.97. The SMILES string of the molecule is O=C1C[C@H](c2ccc3c(c2)OCO3)CC2=C1[C@H](c1ccccc1OCc1ccccc1)Nc1ccccc1N2. The van der Waals surface area contributed by atoms with E-state index in [9.17, 15) is 4.79 Å². The van der Waals surface area contributed by atoms with Crippen LogP contribution in [0.3, 0.4) is 0 Å². The van der Waals surface area contributed by atoms with Crippen LogP contribution >= 0.6 is 0 Å². The Morgan fingerprint density at radius 1 is 0.795 bits per heavy atom. The molecule has 0 fully saturated rings. The second-order valence-corrected chi connectivity index (χ2v) is 10.1. The zero-order chi connectivity index (χ0) is 26.2. The normalized spacial score (nSPS) is 19.3. The Bertz CT molecular complexity index is 1580. The summed E-state index contributed by atoms with van der Waals surface area (Å²) in [5, 5.41) is 7.30. The molecular formula is C33H28N2O4. The highest BCUT2D eigenvalue weighted by Gasteiger charge is 2.37. The van der Waals surface area contributed by atoms with Crippen LogP contribution in [0.4, 0.5) is 11.4 Å². The first-order valence-corrected chi connectivity index (χ1v) is 13.3. The number of ketones is 1. The van der Waals surface area contributed by atoms with Crippen molar-refractivity contribution >= 4 is 17.2 Å². The van der Waals surface area contributed by atoms with Gasteiger partial charge in [-0.25, -0.2) is 0 Å². The van der Waals surface area contributed by atoms with Gasteiger partial charge in [0.05, 0.1) is 17.4 Å². The Balaban J connectivity index is 1.27. The van der Waals surface area contributed by atoms with E-state index in [4.69, 9.17) is 14.2 Å². The van der Waals surface area contributed by atoms with Crippen molar-refractivity contribution in [2.24, 2.45) is 0 Å². The van der Waals surface area contributed by atoms with Gasteiger partial charge in [0.1, 0.15) is 12.4 Å². The molecular weight excluding hydrogens is 488 g/mol. The average Bonchev–Trinajstić information content (AvgIpc) is 3.38. The number of Topliss-reactive ketones (excluding diaryl/α,β-unsaturated/α-hetero) is 1. The summed E-state index contributed by atoms with van der Waals surface area (Å²) in [6.07, 6.45) is 1.13. The number of anilines is 2. The second kappa shape index (κ2) is 9.87. The number of carbonyl (C=O) groups excluding carboxylic acids is 1. The Kier molecular flexibility index (Phi) is 5.93. The van der Waals surface area contributed by atoms with Gasteiger partial charge in [0, 0.05) is 23.3 Å². The minimum atomic E-state index is -0.353. The molecule has 0 unspecified atom stereocenters. The molecule has 4 aromatic rings. The van der Waals surface area contributed by atoms with Crippen LogP contribution in [-0.2, 0) is 11.4 Å². The third-order valence-electron chi connectivity index (χ3n) is 7.64. The summed E-state index contributed by atoms with van der Waals surface area (Å²) in [5.74, 6) is 2.40. The molecule has 4 aromatic carbocycles. The molecule has 2 atom stereocenters. The van der Waals surface area contributed by atoms with Crippen LogP contribution in [0.2, 0.25) is 0 Å². The molecule has 0 aromatic heterocycles. The molecule has 194 valence electrons. The van der Waals surface area contributed by atoms with Crippen LogP contribution in [0.1, 0.15) is 41.5 Å². The van der Waals surface area contributed by atoms with Crippen molar-refractivity contribution in [3.05, 3.63) is 125 Å². The minimum Gasteiger partial charge on any atom is -0.489 e. The maximum atomic E-state index is 14.0. The smallest absolute Gasteiger partial charge is 0.231 e. The number of hydrogen-bond acceptors (Lipinski definition) is 6. The van der Waals surface area contributed by atoms with Crippen LogP contribution in [0.15, 0.2) is 108 Å². The maximum Gasteiger partial charge on any atom is 0.231 e. The number of nitrogens with one attached hydrogen (secondary N) is 2. The van der Waals surface area contributed by atoms with E-state index in [1.807, 2.05) is 97.1 Å². The van der Waals surface area contributed by atoms with Gasteiger partial charge in [-0.1, -0.05) is 66.7 Å². The van der Waals surface area contributed by atoms with E-state index in [2.05, 4.69) is 10.6 Å². The van der Waals surface area contributed by atoms with Gasteiger partial charge < -0.3 is 24.8 Å². The fraction of sp³-hybridized carbons (Fsp3) is 0.182. The molecule has 0 radical (unpaired) electrons. The maximum absolute atomic E-state index is 14.0. The predicted molar refractivity (Wildman–Crippen MR) is 150 cm³/mol. The van der Waals surface area contributed by atoms with Crippen molar-refractivity contribution in [2.75, 3.05) is 17.4 Å². The number of para-hydroxylation sites is 3. The van der Waals surface area contributed by atoms with Crippen molar-refractivity contribution in [3.8, 4) is 17.2 Å². The number of fused-ring (bicyclic) bond motifs is 2. The highest BCUT2D eigenvalue weighted by Crippen LogP contribution is 2.47. The van der Waals surface area contributed by atoms with E-state index in [-0.39, 0.29) is 24.5 Å². The first-order valence-electron chi connectivity index (χ1n) is 13.3. The summed E-state index contributed by atoms with van der Waals surface area (Å²) in [7, 11) is 0. The lowest BCUT2D eigenvalue weighted by Gasteiger charge is -2.30. The molecule has 6 heteroatoms. The Morgan fingerprint density at radius 2 is 1.56 bits per heavy atom. The quantitative estimate of drug-likeness (QED) is 0.298. The summed E-state index contributed by atoms with van der Waals surface area (Å²) in [4.78, 5) is 14.0. The minimum absolute atomic E-state index is 0.0359. The topological polar surface area (TPSA) is 68.8 Å². The third-order valence-corrected chi connectivity index (χ3v) is 7.64. The van der Waals surface area contributed by atoms with E-state index in [1.54, 1.807) is 0 Å². The molecule has 3 aliphatic rings. The molecule has 0 saturated carbocycles. The Labute approximate surface area is 227 Å². The summed E-state index contributed by atoms with van der Waals surface area (Å²) in [6, 6.07) is 31.9. The molecule has 1 aliphatic carbocycles. The first kappa shape index (κ1) is 23.4. The number of benzene rings is 4. The fourth-order valence-electron chi connectivity index (χ4n) is 5.71. The number of rotatable bonds is 5. The van der Waals surface area contributed by atoms with Gasteiger partial charge in [-0.15, -0.1) is 0 Å². The van der Waals surface area contributed by atoms with Gasteiger partial charge in [0.15, 0.2) is 17.3 Å². The molecule has 39 heavy (non-hydrogen) atoms. The van der Waals surface area contributed by atoms with E-state index in [0.717, 1.165) is 56.6 Å². The summed E-state index contributed by atoms with van der Waals surface area (Å²) < 4.78 is 17.4. The van der Waals surface area contributed by atoms with Crippen molar-refractivity contribution in [2.45, 2.75) is 31.4 Å². The summed E-state index contributed by atoms with van der Waals surface area (Å²) in [5.41, 5.74) is 6.71. The number of allylic oxidation sites excluding steroid dienone is 1. The first-order chi connectivity index (χ1) is 19.2. The van der Waals surface area contributed by atoms with E-state index < -0.39 is 0 Å². The van der Waals surface area contributed by atoms with E-state index in [0.29, 0.717) is 19.4 Å². The molecule has 6 nitrogen and oxygen atoms in total. The monoisotopic (exact) mass is 516 g/mol. The van der Waals surface area contributed by atoms with Crippen LogP contribution in [0, 0.1) is 0 Å². The molecule has 0 bridgehead atoms. The average molecular weight is 517 g/mol. The Hall–Kier alpha value is -4.71.